The molecule has 0 fully saturated rings. The van der Waals surface area contributed by atoms with Crippen molar-refractivity contribution in [1.29, 1.82) is 0 Å². The molecule has 1 aromatic heterocycles. The minimum atomic E-state index is -3.53. The molecule has 7 heteroatoms. The van der Waals surface area contributed by atoms with Crippen LogP contribution in [0.15, 0.2) is 23.4 Å². The summed E-state index contributed by atoms with van der Waals surface area (Å²) in [4.78, 5) is 3.94. The largest absolute Gasteiger partial charge is 0.326 e. The lowest BCUT2D eigenvalue weighted by atomic mass is 10.3. The first-order valence-corrected chi connectivity index (χ1v) is 8.88. The summed E-state index contributed by atoms with van der Waals surface area (Å²) in [7, 11) is -3.53. The molecule has 1 heterocycles. The summed E-state index contributed by atoms with van der Waals surface area (Å²) in [6.45, 7) is 4.30. The second kappa shape index (κ2) is 7.84. The van der Waals surface area contributed by atoms with E-state index in [4.69, 9.17) is 5.73 Å². The molecule has 0 aliphatic heterocycles. The Kier molecular flexibility index (Phi) is 6.78. The number of nitrogens with zero attached hydrogens (tertiary/aromatic N) is 1. The predicted molar refractivity (Wildman–Crippen MR) is 79.5 cm³/mol. The van der Waals surface area contributed by atoms with Crippen LogP contribution < -0.4 is 10.5 Å². The van der Waals surface area contributed by atoms with E-state index in [1.54, 1.807) is 17.8 Å². The van der Waals surface area contributed by atoms with E-state index >= 15 is 0 Å². The standard InChI is InChI=1S/C12H21N3O2S2/c1-3-18-7-6-10(2)15-19(16,17)12-5-4-11(8-13)9-14-12/h4-5,9-10,15H,3,6-8,13H2,1-2H3. The van der Waals surface area contributed by atoms with Crippen LogP contribution in [0.4, 0.5) is 0 Å². The van der Waals surface area contributed by atoms with Crippen molar-refractivity contribution in [2.75, 3.05) is 11.5 Å². The van der Waals surface area contributed by atoms with Gasteiger partial charge in [-0.25, -0.2) is 18.1 Å². The fourth-order valence-electron chi connectivity index (χ4n) is 1.48. The molecule has 0 aliphatic carbocycles. The number of sulfonamides is 1. The SMILES string of the molecule is CCSCCC(C)NS(=O)(=O)c1ccc(CN)cn1. The Morgan fingerprint density at radius 2 is 2.21 bits per heavy atom. The van der Waals surface area contributed by atoms with Crippen molar-refractivity contribution in [1.82, 2.24) is 9.71 Å². The van der Waals surface area contributed by atoms with E-state index in [2.05, 4.69) is 16.6 Å². The smallest absolute Gasteiger partial charge is 0.258 e. The van der Waals surface area contributed by atoms with Crippen molar-refractivity contribution in [3.8, 4) is 0 Å². The Bertz CT molecular complexity index is 474. The number of nitrogens with two attached hydrogens (primary N) is 1. The predicted octanol–water partition coefficient (Wildman–Crippen LogP) is 1.35. The minimum absolute atomic E-state index is 0.0414. The van der Waals surface area contributed by atoms with Gasteiger partial charge in [-0.3, -0.25) is 0 Å². The average Bonchev–Trinajstić information content (AvgIpc) is 2.38. The van der Waals surface area contributed by atoms with Gasteiger partial charge in [-0.2, -0.15) is 11.8 Å². The van der Waals surface area contributed by atoms with Gasteiger partial charge in [0.15, 0.2) is 5.03 Å². The number of rotatable bonds is 8. The van der Waals surface area contributed by atoms with Crippen molar-refractivity contribution in [2.45, 2.75) is 37.9 Å². The van der Waals surface area contributed by atoms with Gasteiger partial charge in [0, 0.05) is 18.8 Å². The Morgan fingerprint density at radius 3 is 2.74 bits per heavy atom. The second-order valence-electron chi connectivity index (χ2n) is 4.22. The summed E-state index contributed by atoms with van der Waals surface area (Å²) >= 11 is 1.80. The zero-order valence-electron chi connectivity index (χ0n) is 11.3. The van der Waals surface area contributed by atoms with Crippen LogP contribution in [0, 0.1) is 0 Å². The summed E-state index contributed by atoms with van der Waals surface area (Å²) in [5.41, 5.74) is 6.26. The highest BCUT2D eigenvalue weighted by Gasteiger charge is 2.18. The van der Waals surface area contributed by atoms with Crippen LogP contribution in [0.25, 0.3) is 0 Å². The topological polar surface area (TPSA) is 85.1 Å². The molecule has 1 aromatic rings. The maximum Gasteiger partial charge on any atom is 0.258 e. The Hall–Kier alpha value is -0.630. The van der Waals surface area contributed by atoms with Crippen LogP contribution in [-0.2, 0) is 16.6 Å². The third kappa shape index (κ3) is 5.48. The first-order valence-electron chi connectivity index (χ1n) is 6.24. The molecule has 3 N–H and O–H groups in total. The maximum atomic E-state index is 12.1. The van der Waals surface area contributed by atoms with E-state index in [0.29, 0.717) is 6.54 Å². The summed E-state index contributed by atoms with van der Waals surface area (Å²) in [6, 6.07) is 3.07. The fraction of sp³-hybridized carbons (Fsp3) is 0.583. The molecule has 5 nitrogen and oxygen atoms in total. The average molecular weight is 303 g/mol. The highest BCUT2D eigenvalue weighted by atomic mass is 32.2. The minimum Gasteiger partial charge on any atom is -0.326 e. The van der Waals surface area contributed by atoms with Crippen LogP contribution in [0.2, 0.25) is 0 Å². The maximum absolute atomic E-state index is 12.1. The van der Waals surface area contributed by atoms with Crippen molar-refractivity contribution < 1.29 is 8.42 Å². The molecule has 0 radical (unpaired) electrons. The summed E-state index contributed by atoms with van der Waals surface area (Å²) < 4.78 is 26.8. The lowest BCUT2D eigenvalue weighted by Crippen LogP contribution is -2.33. The number of hydrogen-bond donors (Lipinski definition) is 2. The van der Waals surface area contributed by atoms with Gasteiger partial charge in [0.25, 0.3) is 10.0 Å². The van der Waals surface area contributed by atoms with Gasteiger partial charge < -0.3 is 5.73 Å². The summed E-state index contributed by atoms with van der Waals surface area (Å²) in [6.07, 6.45) is 2.30. The monoisotopic (exact) mass is 303 g/mol. The number of hydrogen-bond acceptors (Lipinski definition) is 5. The molecule has 0 aromatic carbocycles. The molecule has 0 saturated heterocycles. The molecule has 1 rings (SSSR count). The van der Waals surface area contributed by atoms with E-state index in [-0.39, 0.29) is 11.1 Å². The van der Waals surface area contributed by atoms with Gasteiger partial charge in [0.05, 0.1) is 0 Å². The number of pyridine rings is 1. The zero-order chi connectivity index (χ0) is 14.3. The fourth-order valence-corrected chi connectivity index (χ4v) is 3.50. The Labute approximate surface area is 119 Å². The van der Waals surface area contributed by atoms with E-state index in [1.807, 2.05) is 6.92 Å². The number of nitrogens with one attached hydrogen (secondary N) is 1. The second-order valence-corrected chi connectivity index (χ2v) is 7.27. The molecular formula is C12H21N3O2S2. The molecule has 19 heavy (non-hydrogen) atoms. The lowest BCUT2D eigenvalue weighted by molar-refractivity contribution is 0.553. The first-order chi connectivity index (χ1) is 8.99. The molecule has 0 bridgehead atoms. The molecule has 0 spiro atoms. The quantitative estimate of drug-likeness (QED) is 0.708. The van der Waals surface area contributed by atoms with Crippen LogP contribution in [-0.4, -0.2) is 30.9 Å². The highest BCUT2D eigenvalue weighted by Crippen LogP contribution is 2.09. The van der Waals surface area contributed by atoms with Crippen molar-refractivity contribution in [2.24, 2.45) is 5.73 Å². The van der Waals surface area contributed by atoms with Gasteiger partial charge in [0.1, 0.15) is 0 Å². The number of thioether (sulfide) groups is 1. The molecule has 1 unspecified atom stereocenters. The third-order valence-electron chi connectivity index (χ3n) is 2.56. The van der Waals surface area contributed by atoms with Gasteiger partial charge >= 0.3 is 0 Å². The van der Waals surface area contributed by atoms with E-state index in [1.165, 1.54) is 12.3 Å². The van der Waals surface area contributed by atoms with Gasteiger partial charge in [0.2, 0.25) is 0 Å². The van der Waals surface area contributed by atoms with E-state index in [0.717, 1.165) is 23.5 Å². The van der Waals surface area contributed by atoms with Crippen molar-refractivity contribution in [3.63, 3.8) is 0 Å². The molecule has 108 valence electrons. The number of aromatic nitrogens is 1. The van der Waals surface area contributed by atoms with E-state index < -0.39 is 10.0 Å². The molecule has 0 amide bonds. The van der Waals surface area contributed by atoms with Crippen molar-refractivity contribution >= 4 is 21.8 Å². The first kappa shape index (κ1) is 16.4. The van der Waals surface area contributed by atoms with Crippen molar-refractivity contribution in [3.05, 3.63) is 23.9 Å². The van der Waals surface area contributed by atoms with Crippen LogP contribution in [0.5, 0.6) is 0 Å². The Balaban J connectivity index is 2.63. The van der Waals surface area contributed by atoms with Gasteiger partial charge in [-0.15, -0.1) is 0 Å². The normalized spacial score (nSPS) is 13.4. The highest BCUT2D eigenvalue weighted by molar-refractivity contribution is 7.99. The third-order valence-corrected chi connectivity index (χ3v) is 5.00. The van der Waals surface area contributed by atoms with E-state index in [9.17, 15) is 8.42 Å². The summed E-state index contributed by atoms with van der Waals surface area (Å²) in [5, 5.41) is 0.0414. The van der Waals surface area contributed by atoms with Crippen LogP contribution in [0.3, 0.4) is 0 Å². The van der Waals surface area contributed by atoms with Gasteiger partial charge in [-0.05, 0) is 36.5 Å². The Morgan fingerprint density at radius 1 is 1.47 bits per heavy atom. The molecule has 0 aliphatic rings. The van der Waals surface area contributed by atoms with Crippen LogP contribution >= 0.6 is 11.8 Å². The van der Waals surface area contributed by atoms with Gasteiger partial charge in [-0.1, -0.05) is 13.0 Å². The molecule has 1 atom stereocenters. The molecular weight excluding hydrogens is 282 g/mol. The summed E-state index contributed by atoms with van der Waals surface area (Å²) in [5.74, 6) is 1.99. The lowest BCUT2D eigenvalue weighted by Gasteiger charge is -2.13. The van der Waals surface area contributed by atoms with Crippen LogP contribution in [0.1, 0.15) is 25.8 Å². The zero-order valence-corrected chi connectivity index (χ0v) is 12.9. The molecule has 0 saturated carbocycles.